The highest BCUT2D eigenvalue weighted by Gasteiger charge is 2.38. The smallest absolute Gasteiger partial charge is 0.232 e. The molecule has 0 bridgehead atoms. The number of nitrogens with zero attached hydrogens (tertiary/aromatic N) is 2. The lowest BCUT2D eigenvalue weighted by molar-refractivity contribution is -0.124. The molecular weight excluding hydrogens is 307 g/mol. The summed E-state index contributed by atoms with van der Waals surface area (Å²) in [6, 6.07) is 13.7. The minimum Gasteiger partial charge on any atom is -0.312 e. The molecule has 0 radical (unpaired) electrons. The lowest BCUT2D eigenvalue weighted by Crippen LogP contribution is -2.36. The first-order valence-corrected chi connectivity index (χ1v) is 8.09. The molecule has 5 heteroatoms. The van der Waals surface area contributed by atoms with Crippen LogP contribution in [-0.4, -0.2) is 24.9 Å². The van der Waals surface area contributed by atoms with Crippen LogP contribution in [-0.2, 0) is 16.0 Å². The van der Waals surface area contributed by atoms with Gasteiger partial charge in [0, 0.05) is 30.9 Å². The maximum atomic E-state index is 13.1. The first-order valence-electron chi connectivity index (χ1n) is 8.09. The van der Waals surface area contributed by atoms with Gasteiger partial charge in [-0.15, -0.1) is 0 Å². The van der Waals surface area contributed by atoms with Crippen LogP contribution >= 0.6 is 0 Å². The summed E-state index contributed by atoms with van der Waals surface area (Å²) in [4.78, 5) is 28.5. The van der Waals surface area contributed by atoms with Gasteiger partial charge in [0.2, 0.25) is 11.8 Å². The van der Waals surface area contributed by atoms with Crippen LogP contribution in [0.2, 0.25) is 0 Å². The number of amides is 2. The predicted molar refractivity (Wildman–Crippen MR) is 89.4 cm³/mol. The quantitative estimate of drug-likeness (QED) is 0.852. The second kappa shape index (κ2) is 5.74. The van der Waals surface area contributed by atoms with E-state index in [-0.39, 0.29) is 30.0 Å². The molecule has 4 nitrogen and oxygen atoms in total. The van der Waals surface area contributed by atoms with E-state index in [0.717, 1.165) is 12.1 Å². The van der Waals surface area contributed by atoms with Gasteiger partial charge in [-0.05, 0) is 42.3 Å². The van der Waals surface area contributed by atoms with Gasteiger partial charge in [0.25, 0.3) is 0 Å². The number of hydrogen-bond acceptors (Lipinski definition) is 2. The van der Waals surface area contributed by atoms with Crippen molar-refractivity contribution < 1.29 is 14.0 Å². The highest BCUT2D eigenvalue weighted by atomic mass is 19.1. The molecule has 1 fully saturated rings. The number of anilines is 2. The third-order valence-corrected chi connectivity index (χ3v) is 4.77. The molecule has 122 valence electrons. The monoisotopic (exact) mass is 324 g/mol. The summed E-state index contributed by atoms with van der Waals surface area (Å²) in [5.74, 6) is -0.786. The van der Waals surface area contributed by atoms with Gasteiger partial charge in [-0.3, -0.25) is 9.59 Å². The Balaban J connectivity index is 1.53. The van der Waals surface area contributed by atoms with E-state index >= 15 is 0 Å². The molecule has 0 spiro atoms. The average Bonchev–Trinajstić information content (AvgIpc) is 3.19. The number of halogens is 1. The van der Waals surface area contributed by atoms with E-state index in [1.54, 1.807) is 21.9 Å². The van der Waals surface area contributed by atoms with Crippen LogP contribution in [0.15, 0.2) is 48.5 Å². The zero-order chi connectivity index (χ0) is 16.7. The Morgan fingerprint density at radius 2 is 1.83 bits per heavy atom. The van der Waals surface area contributed by atoms with Crippen LogP contribution in [0, 0.1) is 11.7 Å². The topological polar surface area (TPSA) is 40.6 Å². The van der Waals surface area contributed by atoms with Crippen LogP contribution in [0.3, 0.4) is 0 Å². The van der Waals surface area contributed by atoms with Gasteiger partial charge in [-0.25, -0.2) is 4.39 Å². The van der Waals surface area contributed by atoms with Crippen LogP contribution in [0.5, 0.6) is 0 Å². The second-order valence-electron chi connectivity index (χ2n) is 6.25. The third-order valence-electron chi connectivity index (χ3n) is 4.77. The first-order chi connectivity index (χ1) is 11.6. The Morgan fingerprint density at radius 3 is 2.62 bits per heavy atom. The Bertz CT molecular complexity index is 803. The lowest BCUT2D eigenvalue weighted by atomic mass is 10.1. The van der Waals surface area contributed by atoms with Gasteiger partial charge < -0.3 is 9.80 Å². The minimum atomic E-state index is -0.353. The molecule has 2 heterocycles. The molecular formula is C19H17FN2O2. The van der Waals surface area contributed by atoms with Gasteiger partial charge in [-0.2, -0.15) is 0 Å². The molecule has 2 amide bonds. The zero-order valence-corrected chi connectivity index (χ0v) is 13.1. The van der Waals surface area contributed by atoms with Gasteiger partial charge >= 0.3 is 0 Å². The Kier molecular flexibility index (Phi) is 3.56. The summed E-state index contributed by atoms with van der Waals surface area (Å²) in [7, 11) is 0. The number of hydrogen-bond donors (Lipinski definition) is 0. The Labute approximate surface area is 139 Å². The van der Waals surface area contributed by atoms with Crippen molar-refractivity contribution in [2.24, 2.45) is 5.92 Å². The molecule has 24 heavy (non-hydrogen) atoms. The van der Waals surface area contributed by atoms with E-state index in [2.05, 4.69) is 0 Å². The molecule has 2 aromatic rings. The number of rotatable bonds is 2. The molecule has 4 rings (SSSR count). The van der Waals surface area contributed by atoms with Gasteiger partial charge in [0.05, 0.1) is 5.92 Å². The van der Waals surface area contributed by atoms with E-state index in [0.29, 0.717) is 18.8 Å². The molecule has 0 aromatic heterocycles. The fraction of sp³-hybridized carbons (Fsp3) is 0.263. The van der Waals surface area contributed by atoms with E-state index in [1.807, 2.05) is 24.3 Å². The molecule has 2 aliphatic heterocycles. The Hall–Kier alpha value is -2.69. The third kappa shape index (κ3) is 2.46. The van der Waals surface area contributed by atoms with Crippen molar-refractivity contribution in [2.45, 2.75) is 12.8 Å². The Morgan fingerprint density at radius 1 is 1.08 bits per heavy atom. The molecule has 2 aliphatic rings. The normalized spacial score (nSPS) is 19.7. The van der Waals surface area contributed by atoms with Crippen molar-refractivity contribution in [1.82, 2.24) is 0 Å². The van der Waals surface area contributed by atoms with E-state index < -0.39 is 0 Å². The highest BCUT2D eigenvalue weighted by Crippen LogP contribution is 2.32. The zero-order valence-electron chi connectivity index (χ0n) is 13.1. The summed E-state index contributed by atoms with van der Waals surface area (Å²) in [6.07, 6.45) is 1.05. The van der Waals surface area contributed by atoms with Gasteiger partial charge in [0.1, 0.15) is 5.82 Å². The summed E-state index contributed by atoms with van der Waals surface area (Å²) in [5, 5.41) is 0. The fourth-order valence-electron chi connectivity index (χ4n) is 3.53. The van der Waals surface area contributed by atoms with Crippen molar-refractivity contribution >= 4 is 23.2 Å². The molecule has 1 unspecified atom stereocenters. The molecule has 1 atom stereocenters. The number of para-hydroxylation sites is 1. The minimum absolute atomic E-state index is 0.00193. The van der Waals surface area contributed by atoms with E-state index in [9.17, 15) is 14.0 Å². The van der Waals surface area contributed by atoms with Crippen LogP contribution in [0.25, 0.3) is 0 Å². The van der Waals surface area contributed by atoms with Gasteiger partial charge in [0.15, 0.2) is 0 Å². The molecule has 0 N–H and O–H groups in total. The average molecular weight is 324 g/mol. The number of benzene rings is 2. The number of fused-ring (bicyclic) bond motifs is 1. The van der Waals surface area contributed by atoms with Crippen molar-refractivity contribution in [3.05, 3.63) is 59.9 Å². The van der Waals surface area contributed by atoms with E-state index in [1.165, 1.54) is 17.7 Å². The lowest BCUT2D eigenvalue weighted by Gasteiger charge is -2.21. The van der Waals surface area contributed by atoms with Crippen LogP contribution in [0.1, 0.15) is 12.0 Å². The SMILES string of the molecule is O=C1CC(C(=O)N2CCc3ccccc32)CN1c1ccc(F)cc1. The standard InChI is InChI=1S/C19H17FN2O2/c20-15-5-7-16(8-6-15)22-12-14(11-18(22)23)19(24)21-10-9-13-3-1-2-4-17(13)21/h1-8,14H,9-12H2. The van der Waals surface area contributed by atoms with Gasteiger partial charge in [-0.1, -0.05) is 18.2 Å². The molecule has 0 saturated carbocycles. The van der Waals surface area contributed by atoms with Crippen LogP contribution < -0.4 is 9.80 Å². The van der Waals surface area contributed by atoms with Crippen molar-refractivity contribution in [3.63, 3.8) is 0 Å². The maximum Gasteiger partial charge on any atom is 0.232 e. The molecule has 0 aliphatic carbocycles. The van der Waals surface area contributed by atoms with Crippen LogP contribution in [0.4, 0.5) is 15.8 Å². The van der Waals surface area contributed by atoms with Crippen molar-refractivity contribution in [1.29, 1.82) is 0 Å². The fourth-order valence-corrected chi connectivity index (χ4v) is 3.53. The summed E-state index contributed by atoms with van der Waals surface area (Å²) >= 11 is 0. The molecule has 2 aromatic carbocycles. The number of carbonyl (C=O) groups excluding carboxylic acids is 2. The molecule has 1 saturated heterocycles. The summed E-state index contributed by atoms with van der Waals surface area (Å²) in [5.41, 5.74) is 2.76. The highest BCUT2D eigenvalue weighted by molar-refractivity contribution is 6.05. The van der Waals surface area contributed by atoms with E-state index in [4.69, 9.17) is 0 Å². The summed E-state index contributed by atoms with van der Waals surface area (Å²) in [6.45, 7) is 1.02. The number of carbonyl (C=O) groups is 2. The first kappa shape index (κ1) is 14.9. The maximum absolute atomic E-state index is 13.1. The predicted octanol–water partition coefficient (Wildman–Crippen LogP) is 2.77. The van der Waals surface area contributed by atoms with Crippen molar-refractivity contribution in [3.8, 4) is 0 Å². The second-order valence-corrected chi connectivity index (χ2v) is 6.25. The largest absolute Gasteiger partial charge is 0.312 e. The van der Waals surface area contributed by atoms with Crippen molar-refractivity contribution in [2.75, 3.05) is 22.9 Å². The summed E-state index contributed by atoms with van der Waals surface area (Å²) < 4.78 is 13.1.